The minimum Gasteiger partial charge on any atom is -0.466 e. The Morgan fingerprint density at radius 3 is 2.53 bits per heavy atom. The highest BCUT2D eigenvalue weighted by Crippen LogP contribution is 2.20. The molecule has 1 fully saturated rings. The van der Waals surface area contributed by atoms with E-state index in [9.17, 15) is 4.79 Å². The summed E-state index contributed by atoms with van der Waals surface area (Å²) in [4.78, 5) is 14.5. The Balaban J connectivity index is 1.84. The minimum absolute atomic E-state index is 0.0259. The zero-order valence-corrected chi connectivity index (χ0v) is 12.0. The van der Waals surface area contributed by atoms with Gasteiger partial charge in [-0.25, -0.2) is 0 Å². The number of carbonyl (C=O) groups excluding carboxylic acids is 1. The normalized spacial score (nSPS) is 16.6. The molecule has 19 heavy (non-hydrogen) atoms. The van der Waals surface area contributed by atoms with Crippen LogP contribution in [0.2, 0.25) is 0 Å². The zero-order chi connectivity index (χ0) is 13.8. The lowest BCUT2D eigenvalue weighted by Crippen LogP contribution is -2.46. The molecule has 1 saturated heterocycles. The van der Waals surface area contributed by atoms with Gasteiger partial charge in [0.25, 0.3) is 5.91 Å². The van der Waals surface area contributed by atoms with Crippen LogP contribution in [0.25, 0.3) is 0 Å². The van der Waals surface area contributed by atoms with Gasteiger partial charge in [-0.15, -0.1) is 0 Å². The van der Waals surface area contributed by atoms with Crippen LogP contribution in [0.15, 0.2) is 4.42 Å². The summed E-state index contributed by atoms with van der Waals surface area (Å²) in [6, 6.07) is 0. The minimum atomic E-state index is -0.0259. The van der Waals surface area contributed by atoms with Crippen molar-refractivity contribution in [1.82, 2.24) is 15.5 Å². The molecule has 0 aliphatic carbocycles. The van der Waals surface area contributed by atoms with E-state index in [2.05, 4.69) is 15.5 Å². The molecule has 1 aliphatic heterocycles. The highest BCUT2D eigenvalue weighted by molar-refractivity contribution is 5.96. The van der Waals surface area contributed by atoms with Crippen LogP contribution >= 0.6 is 0 Å². The molecule has 1 amide bonds. The SMILES string of the molecule is Cc1oc(C)c(C(=O)NCCN2CCNCC2)c1C. The van der Waals surface area contributed by atoms with Gasteiger partial charge < -0.3 is 15.1 Å². The van der Waals surface area contributed by atoms with Crippen LogP contribution in [-0.2, 0) is 0 Å². The Morgan fingerprint density at radius 1 is 1.26 bits per heavy atom. The van der Waals surface area contributed by atoms with Gasteiger partial charge in [-0.3, -0.25) is 9.69 Å². The van der Waals surface area contributed by atoms with E-state index in [-0.39, 0.29) is 5.91 Å². The van der Waals surface area contributed by atoms with E-state index in [0.29, 0.717) is 17.9 Å². The molecule has 2 rings (SSSR count). The number of nitrogens with one attached hydrogen (secondary N) is 2. The number of rotatable bonds is 4. The Hall–Kier alpha value is -1.33. The summed E-state index contributed by atoms with van der Waals surface area (Å²) < 4.78 is 5.48. The van der Waals surface area contributed by atoms with Gasteiger partial charge in [-0.05, 0) is 20.8 Å². The molecular formula is C14H23N3O2. The largest absolute Gasteiger partial charge is 0.466 e. The smallest absolute Gasteiger partial charge is 0.255 e. The second kappa shape index (κ2) is 6.21. The highest BCUT2D eigenvalue weighted by Gasteiger charge is 2.18. The number of piperazine rings is 1. The van der Waals surface area contributed by atoms with Gasteiger partial charge in [0.1, 0.15) is 11.5 Å². The average Bonchev–Trinajstić information content (AvgIpc) is 2.64. The molecule has 1 aliphatic rings. The lowest BCUT2D eigenvalue weighted by Gasteiger charge is -2.27. The first kappa shape index (κ1) is 14.1. The number of furan rings is 1. The number of amides is 1. The number of hydrogen-bond acceptors (Lipinski definition) is 4. The third-order valence-electron chi connectivity index (χ3n) is 3.71. The van der Waals surface area contributed by atoms with Crippen molar-refractivity contribution in [2.75, 3.05) is 39.3 Å². The summed E-state index contributed by atoms with van der Waals surface area (Å²) >= 11 is 0. The van der Waals surface area contributed by atoms with Crippen LogP contribution in [-0.4, -0.2) is 50.1 Å². The molecule has 106 valence electrons. The molecule has 0 spiro atoms. The number of carbonyl (C=O) groups is 1. The van der Waals surface area contributed by atoms with E-state index in [1.54, 1.807) is 0 Å². The highest BCUT2D eigenvalue weighted by atomic mass is 16.3. The fraction of sp³-hybridized carbons (Fsp3) is 0.643. The fourth-order valence-electron chi connectivity index (χ4n) is 2.48. The number of aryl methyl sites for hydroxylation is 2. The van der Waals surface area contributed by atoms with Gasteiger partial charge in [0.15, 0.2) is 0 Å². The van der Waals surface area contributed by atoms with Gasteiger partial charge in [-0.1, -0.05) is 0 Å². The van der Waals surface area contributed by atoms with Gasteiger partial charge in [0.05, 0.1) is 5.56 Å². The van der Waals surface area contributed by atoms with Crippen LogP contribution in [0.5, 0.6) is 0 Å². The molecule has 5 heteroatoms. The number of nitrogens with zero attached hydrogens (tertiary/aromatic N) is 1. The summed E-state index contributed by atoms with van der Waals surface area (Å²) in [5.41, 5.74) is 1.63. The van der Waals surface area contributed by atoms with Crippen LogP contribution in [0, 0.1) is 20.8 Å². The Labute approximate surface area is 114 Å². The van der Waals surface area contributed by atoms with Crippen LogP contribution < -0.4 is 10.6 Å². The van der Waals surface area contributed by atoms with E-state index in [4.69, 9.17) is 4.42 Å². The maximum atomic E-state index is 12.1. The van der Waals surface area contributed by atoms with E-state index in [1.165, 1.54) is 0 Å². The van der Waals surface area contributed by atoms with E-state index >= 15 is 0 Å². The molecular weight excluding hydrogens is 242 g/mol. The molecule has 0 unspecified atom stereocenters. The summed E-state index contributed by atoms with van der Waals surface area (Å²) in [7, 11) is 0. The van der Waals surface area contributed by atoms with Gasteiger partial charge in [0, 0.05) is 44.8 Å². The molecule has 2 heterocycles. The first-order valence-corrected chi connectivity index (χ1v) is 6.87. The molecule has 0 saturated carbocycles. The van der Waals surface area contributed by atoms with E-state index < -0.39 is 0 Å². The second-order valence-corrected chi connectivity index (χ2v) is 5.06. The van der Waals surface area contributed by atoms with Crippen molar-refractivity contribution >= 4 is 5.91 Å². The summed E-state index contributed by atoms with van der Waals surface area (Å²) in [5.74, 6) is 1.50. The van der Waals surface area contributed by atoms with Gasteiger partial charge in [0.2, 0.25) is 0 Å². The Morgan fingerprint density at radius 2 is 1.95 bits per heavy atom. The van der Waals surface area contributed by atoms with Crippen molar-refractivity contribution in [1.29, 1.82) is 0 Å². The third-order valence-corrected chi connectivity index (χ3v) is 3.71. The second-order valence-electron chi connectivity index (χ2n) is 5.06. The van der Waals surface area contributed by atoms with E-state index in [0.717, 1.165) is 44.0 Å². The third kappa shape index (κ3) is 3.36. The Kier molecular flexibility index (Phi) is 4.61. The predicted octanol–water partition coefficient (Wildman–Crippen LogP) is 0.840. The maximum absolute atomic E-state index is 12.1. The molecule has 0 bridgehead atoms. The lowest BCUT2D eigenvalue weighted by atomic mass is 10.1. The van der Waals surface area contributed by atoms with Crippen LogP contribution in [0.4, 0.5) is 0 Å². The first-order valence-electron chi connectivity index (χ1n) is 6.87. The average molecular weight is 265 g/mol. The molecule has 0 aromatic carbocycles. The van der Waals surface area contributed by atoms with Gasteiger partial charge in [-0.2, -0.15) is 0 Å². The summed E-state index contributed by atoms with van der Waals surface area (Å²) in [5, 5.41) is 6.30. The Bertz CT molecular complexity index is 448. The topological polar surface area (TPSA) is 57.5 Å². The summed E-state index contributed by atoms with van der Waals surface area (Å²) in [6.07, 6.45) is 0. The fourth-order valence-corrected chi connectivity index (χ4v) is 2.48. The van der Waals surface area contributed by atoms with Crippen molar-refractivity contribution < 1.29 is 9.21 Å². The lowest BCUT2D eigenvalue weighted by molar-refractivity contribution is 0.0945. The van der Waals surface area contributed by atoms with Crippen molar-refractivity contribution in [2.45, 2.75) is 20.8 Å². The monoisotopic (exact) mass is 265 g/mol. The zero-order valence-electron chi connectivity index (χ0n) is 12.0. The molecule has 0 atom stereocenters. The van der Waals surface area contributed by atoms with Crippen molar-refractivity contribution in [2.24, 2.45) is 0 Å². The molecule has 2 N–H and O–H groups in total. The maximum Gasteiger partial charge on any atom is 0.255 e. The quantitative estimate of drug-likeness (QED) is 0.847. The van der Waals surface area contributed by atoms with Crippen molar-refractivity contribution in [3.63, 3.8) is 0 Å². The molecule has 5 nitrogen and oxygen atoms in total. The van der Waals surface area contributed by atoms with Crippen LogP contribution in [0.1, 0.15) is 27.4 Å². The summed E-state index contributed by atoms with van der Waals surface area (Å²) in [6.45, 7) is 11.4. The van der Waals surface area contributed by atoms with Gasteiger partial charge >= 0.3 is 0 Å². The van der Waals surface area contributed by atoms with Crippen molar-refractivity contribution in [3.8, 4) is 0 Å². The first-order chi connectivity index (χ1) is 9.09. The van der Waals surface area contributed by atoms with E-state index in [1.807, 2.05) is 20.8 Å². The van der Waals surface area contributed by atoms with Crippen molar-refractivity contribution in [3.05, 3.63) is 22.6 Å². The number of hydrogen-bond donors (Lipinski definition) is 2. The molecule has 1 aromatic heterocycles. The van der Waals surface area contributed by atoms with Crippen LogP contribution in [0.3, 0.4) is 0 Å². The molecule has 0 radical (unpaired) electrons. The predicted molar refractivity (Wildman–Crippen MR) is 74.6 cm³/mol. The standard InChI is InChI=1S/C14H23N3O2/c1-10-11(2)19-12(3)13(10)14(18)16-6-9-17-7-4-15-5-8-17/h15H,4-9H2,1-3H3,(H,16,18). The molecule has 1 aromatic rings.